The average molecular weight is 238 g/mol. The van der Waals surface area contributed by atoms with Crippen LogP contribution in [0.5, 0.6) is 0 Å². The third kappa shape index (κ3) is 2.48. The molecule has 1 aromatic heterocycles. The molecule has 0 bridgehead atoms. The summed E-state index contributed by atoms with van der Waals surface area (Å²) in [6, 6.07) is 0. The molecule has 2 rings (SSSR count). The smallest absolute Gasteiger partial charge is 0.176 e. The lowest BCUT2D eigenvalue weighted by molar-refractivity contribution is 0.0964. The monoisotopic (exact) mass is 238 g/mol. The summed E-state index contributed by atoms with van der Waals surface area (Å²) in [7, 11) is 0. The lowest BCUT2D eigenvalue weighted by atomic mass is 9.98. The summed E-state index contributed by atoms with van der Waals surface area (Å²) < 4.78 is 3.91. The molecule has 0 atom stereocenters. The highest BCUT2D eigenvalue weighted by Gasteiger charge is 2.23. The molecule has 0 N–H and O–H groups in total. The van der Waals surface area contributed by atoms with Gasteiger partial charge in [0.05, 0.1) is 5.69 Å². The number of aromatic nitrogens is 2. The van der Waals surface area contributed by atoms with Gasteiger partial charge in [0, 0.05) is 6.42 Å². The number of Topliss-reactive ketones (excluding diaryl/α,β-unsaturated/α-hetero) is 1. The first-order valence-electron chi connectivity index (χ1n) is 6.04. The summed E-state index contributed by atoms with van der Waals surface area (Å²) in [5.74, 6) is 1.15. The van der Waals surface area contributed by atoms with E-state index in [0.29, 0.717) is 18.3 Å². The van der Waals surface area contributed by atoms with E-state index in [9.17, 15) is 4.79 Å². The average Bonchev–Trinajstić information content (AvgIpc) is 2.86. The maximum absolute atomic E-state index is 12.1. The van der Waals surface area contributed by atoms with Crippen LogP contribution in [0.4, 0.5) is 0 Å². The van der Waals surface area contributed by atoms with Gasteiger partial charge in [-0.3, -0.25) is 4.79 Å². The molecule has 4 heteroatoms. The van der Waals surface area contributed by atoms with E-state index in [-0.39, 0.29) is 5.78 Å². The molecule has 1 fully saturated rings. The van der Waals surface area contributed by atoms with Crippen LogP contribution in [0.25, 0.3) is 0 Å². The molecule has 16 heavy (non-hydrogen) atoms. The lowest BCUT2D eigenvalue weighted by Crippen LogP contribution is -2.07. The maximum Gasteiger partial charge on any atom is 0.176 e. The molecule has 1 aromatic rings. The molecule has 0 spiro atoms. The van der Waals surface area contributed by atoms with Gasteiger partial charge in [-0.2, -0.15) is 0 Å². The van der Waals surface area contributed by atoms with Crippen molar-refractivity contribution >= 4 is 17.3 Å². The van der Waals surface area contributed by atoms with E-state index in [1.54, 1.807) is 0 Å². The van der Waals surface area contributed by atoms with Gasteiger partial charge >= 0.3 is 0 Å². The number of hydrogen-bond acceptors (Lipinski definition) is 4. The number of carbonyl (C=O) groups excluding carboxylic acids is 1. The van der Waals surface area contributed by atoms with Gasteiger partial charge in [0.2, 0.25) is 0 Å². The first-order chi connectivity index (χ1) is 7.68. The molecule has 1 saturated carbocycles. The fraction of sp³-hybridized carbons (Fsp3) is 0.750. The number of hydrogen-bond donors (Lipinski definition) is 0. The van der Waals surface area contributed by atoms with Crippen LogP contribution < -0.4 is 0 Å². The van der Waals surface area contributed by atoms with E-state index in [4.69, 9.17) is 0 Å². The van der Waals surface area contributed by atoms with Gasteiger partial charge in [-0.25, -0.2) is 0 Å². The van der Waals surface area contributed by atoms with Gasteiger partial charge < -0.3 is 0 Å². The molecular formula is C12H18N2OS. The third-order valence-corrected chi connectivity index (χ3v) is 4.04. The van der Waals surface area contributed by atoms with E-state index in [1.165, 1.54) is 37.2 Å². The Labute approximate surface area is 100 Å². The third-order valence-electron chi connectivity index (χ3n) is 3.26. The number of rotatable bonds is 4. The molecule has 1 aliphatic carbocycles. The SMILES string of the molecule is CC(C)c1nnsc1C(=O)CC1CCCC1. The van der Waals surface area contributed by atoms with E-state index in [0.717, 1.165) is 10.6 Å². The predicted molar refractivity (Wildman–Crippen MR) is 64.9 cm³/mol. The molecule has 1 aliphatic rings. The van der Waals surface area contributed by atoms with Crippen molar-refractivity contribution in [1.82, 2.24) is 9.59 Å². The minimum Gasteiger partial charge on any atom is -0.293 e. The van der Waals surface area contributed by atoms with Gasteiger partial charge in [0.1, 0.15) is 4.88 Å². The summed E-state index contributed by atoms with van der Waals surface area (Å²) in [5.41, 5.74) is 0.882. The minimum absolute atomic E-state index is 0.255. The van der Waals surface area contributed by atoms with Crippen LogP contribution in [-0.2, 0) is 0 Å². The zero-order valence-corrected chi connectivity index (χ0v) is 10.7. The quantitative estimate of drug-likeness (QED) is 0.755. The summed E-state index contributed by atoms with van der Waals surface area (Å²) in [6.45, 7) is 4.12. The number of ketones is 1. The second-order valence-corrected chi connectivity index (χ2v) is 5.67. The Morgan fingerprint density at radius 2 is 2.12 bits per heavy atom. The number of nitrogens with zero attached hydrogens (tertiary/aromatic N) is 2. The fourth-order valence-corrected chi connectivity index (χ4v) is 3.10. The van der Waals surface area contributed by atoms with E-state index < -0.39 is 0 Å². The Morgan fingerprint density at radius 1 is 1.44 bits per heavy atom. The molecule has 0 aromatic carbocycles. The number of carbonyl (C=O) groups is 1. The van der Waals surface area contributed by atoms with Crippen LogP contribution in [0.1, 0.15) is 67.2 Å². The van der Waals surface area contributed by atoms with Crippen LogP contribution in [0.3, 0.4) is 0 Å². The Hall–Kier alpha value is -0.770. The summed E-state index contributed by atoms with van der Waals surface area (Å²) in [6.07, 6.45) is 5.71. The van der Waals surface area contributed by atoms with Crippen molar-refractivity contribution in [2.24, 2.45) is 5.92 Å². The van der Waals surface area contributed by atoms with Crippen LogP contribution >= 0.6 is 11.5 Å². The van der Waals surface area contributed by atoms with Crippen molar-refractivity contribution < 1.29 is 4.79 Å². The van der Waals surface area contributed by atoms with Gasteiger partial charge in [-0.15, -0.1) is 5.10 Å². The molecule has 0 amide bonds. The largest absolute Gasteiger partial charge is 0.293 e. The van der Waals surface area contributed by atoms with Crippen molar-refractivity contribution in [3.8, 4) is 0 Å². The summed E-state index contributed by atoms with van der Waals surface area (Å²) >= 11 is 1.26. The topological polar surface area (TPSA) is 42.9 Å². The summed E-state index contributed by atoms with van der Waals surface area (Å²) in [4.78, 5) is 12.9. The van der Waals surface area contributed by atoms with Gasteiger partial charge in [0.25, 0.3) is 0 Å². The van der Waals surface area contributed by atoms with Crippen molar-refractivity contribution in [3.63, 3.8) is 0 Å². The Morgan fingerprint density at radius 3 is 2.75 bits per heavy atom. The first-order valence-corrected chi connectivity index (χ1v) is 6.81. The maximum atomic E-state index is 12.1. The molecule has 0 saturated heterocycles. The normalized spacial score (nSPS) is 17.2. The van der Waals surface area contributed by atoms with Crippen LogP contribution in [0.15, 0.2) is 0 Å². The van der Waals surface area contributed by atoms with E-state index >= 15 is 0 Å². The minimum atomic E-state index is 0.255. The molecular weight excluding hydrogens is 220 g/mol. The predicted octanol–water partition coefficient (Wildman–Crippen LogP) is 3.42. The van der Waals surface area contributed by atoms with Crippen molar-refractivity contribution in [2.45, 2.75) is 51.9 Å². The van der Waals surface area contributed by atoms with Crippen molar-refractivity contribution in [1.29, 1.82) is 0 Å². The van der Waals surface area contributed by atoms with E-state index in [1.807, 2.05) is 0 Å². The van der Waals surface area contributed by atoms with Crippen molar-refractivity contribution in [3.05, 3.63) is 10.6 Å². The zero-order chi connectivity index (χ0) is 11.5. The highest BCUT2D eigenvalue weighted by atomic mass is 32.1. The van der Waals surface area contributed by atoms with Crippen LogP contribution in [0, 0.1) is 5.92 Å². The first kappa shape index (κ1) is 11.7. The molecule has 1 heterocycles. The molecule has 3 nitrogen and oxygen atoms in total. The lowest BCUT2D eigenvalue weighted by Gasteiger charge is -2.07. The second kappa shape index (κ2) is 5.04. The highest BCUT2D eigenvalue weighted by molar-refractivity contribution is 7.08. The van der Waals surface area contributed by atoms with Crippen molar-refractivity contribution in [2.75, 3.05) is 0 Å². The standard InChI is InChI=1S/C12H18N2OS/c1-8(2)11-12(16-14-13-11)10(15)7-9-5-3-4-6-9/h8-9H,3-7H2,1-2H3. The Kier molecular flexibility index (Phi) is 3.69. The zero-order valence-electron chi connectivity index (χ0n) is 9.90. The van der Waals surface area contributed by atoms with Crippen LogP contribution in [0.2, 0.25) is 0 Å². The second-order valence-electron chi connectivity index (χ2n) is 4.92. The van der Waals surface area contributed by atoms with Gasteiger partial charge in [-0.05, 0) is 23.4 Å². The molecule has 0 aliphatic heterocycles. The molecule has 0 radical (unpaired) electrons. The van der Waals surface area contributed by atoms with E-state index in [2.05, 4.69) is 23.4 Å². The Bertz CT molecular complexity index is 367. The van der Waals surface area contributed by atoms with Gasteiger partial charge in [0.15, 0.2) is 5.78 Å². The molecule has 88 valence electrons. The summed E-state index contributed by atoms with van der Waals surface area (Å²) in [5, 5.41) is 4.06. The fourth-order valence-electron chi connectivity index (χ4n) is 2.34. The molecule has 0 unspecified atom stereocenters. The Balaban J connectivity index is 2.05. The highest BCUT2D eigenvalue weighted by Crippen LogP contribution is 2.30. The van der Waals surface area contributed by atoms with Crippen LogP contribution in [-0.4, -0.2) is 15.4 Å². The van der Waals surface area contributed by atoms with Gasteiger partial charge in [-0.1, -0.05) is 44.0 Å².